The summed E-state index contributed by atoms with van der Waals surface area (Å²) >= 11 is 0. The standard InChI is InChI=1S/C28H39NO5S/c1-5-6-22(2)28(19-23-15-17-34-18-16-23)35(30,31)29(20-24-7-11-26(32-3)12-8-24)21-25-9-13-27(33-4)14-10-25/h5,7-14,22-23,28H,1,6,15-21H2,2-4H3/t22-,28?/m1/s1. The number of rotatable bonds is 13. The van der Waals surface area contributed by atoms with Crippen LogP contribution in [0.4, 0.5) is 0 Å². The number of hydrogen-bond donors (Lipinski definition) is 0. The van der Waals surface area contributed by atoms with Crippen molar-refractivity contribution < 1.29 is 22.6 Å². The first-order chi connectivity index (χ1) is 16.9. The highest BCUT2D eigenvalue weighted by Crippen LogP contribution is 2.32. The number of ether oxygens (including phenoxy) is 3. The van der Waals surface area contributed by atoms with Crippen LogP contribution in [0.2, 0.25) is 0 Å². The number of methoxy groups -OCH3 is 2. The maximum atomic E-state index is 14.3. The molecule has 2 atom stereocenters. The fraction of sp³-hybridized carbons (Fsp3) is 0.500. The van der Waals surface area contributed by atoms with E-state index < -0.39 is 15.3 Å². The van der Waals surface area contributed by atoms with E-state index >= 15 is 0 Å². The molecule has 0 aliphatic carbocycles. The number of benzene rings is 2. The lowest BCUT2D eigenvalue weighted by molar-refractivity contribution is 0.0622. The molecule has 192 valence electrons. The minimum absolute atomic E-state index is 0.0328. The molecule has 3 rings (SSSR count). The topological polar surface area (TPSA) is 65.1 Å². The Bertz CT molecular complexity index is 965. The minimum Gasteiger partial charge on any atom is -0.497 e. The van der Waals surface area contributed by atoms with Gasteiger partial charge in [0.15, 0.2) is 0 Å². The summed E-state index contributed by atoms with van der Waals surface area (Å²) < 4.78 is 46.3. The van der Waals surface area contributed by atoms with E-state index in [4.69, 9.17) is 14.2 Å². The first-order valence-corrected chi connectivity index (χ1v) is 13.8. The summed E-state index contributed by atoms with van der Waals surface area (Å²) in [6.07, 6.45) is 4.94. The second kappa shape index (κ2) is 13.1. The van der Waals surface area contributed by atoms with Crippen LogP contribution < -0.4 is 9.47 Å². The first-order valence-electron chi connectivity index (χ1n) is 12.3. The normalized spacial score (nSPS) is 16.6. The molecule has 0 aromatic heterocycles. The molecule has 7 heteroatoms. The molecule has 0 saturated carbocycles. The van der Waals surface area contributed by atoms with E-state index in [0.29, 0.717) is 45.1 Å². The van der Waals surface area contributed by atoms with E-state index in [1.807, 2.05) is 61.5 Å². The molecular formula is C28H39NO5S. The van der Waals surface area contributed by atoms with E-state index in [2.05, 4.69) is 6.58 Å². The zero-order chi connectivity index (χ0) is 25.3. The molecule has 1 aliphatic rings. The van der Waals surface area contributed by atoms with Gasteiger partial charge in [-0.15, -0.1) is 6.58 Å². The first kappa shape index (κ1) is 27.2. The molecule has 0 spiro atoms. The molecule has 2 aromatic carbocycles. The minimum atomic E-state index is -3.63. The van der Waals surface area contributed by atoms with Crippen LogP contribution in [0.25, 0.3) is 0 Å². The van der Waals surface area contributed by atoms with Crippen molar-refractivity contribution in [3.8, 4) is 11.5 Å². The Morgan fingerprint density at radius 1 is 0.971 bits per heavy atom. The number of nitrogens with zero attached hydrogens (tertiary/aromatic N) is 1. The lowest BCUT2D eigenvalue weighted by atomic mass is 9.89. The van der Waals surface area contributed by atoms with Crippen LogP contribution in [0.1, 0.15) is 43.7 Å². The predicted molar refractivity (Wildman–Crippen MR) is 140 cm³/mol. The summed E-state index contributed by atoms with van der Waals surface area (Å²) in [5.41, 5.74) is 1.84. The van der Waals surface area contributed by atoms with E-state index in [9.17, 15) is 8.42 Å². The fourth-order valence-electron chi connectivity index (χ4n) is 4.67. The molecule has 0 amide bonds. The van der Waals surface area contributed by atoms with Crippen molar-refractivity contribution in [2.75, 3.05) is 27.4 Å². The largest absolute Gasteiger partial charge is 0.497 e. The average Bonchev–Trinajstić information content (AvgIpc) is 2.88. The highest BCUT2D eigenvalue weighted by molar-refractivity contribution is 7.89. The van der Waals surface area contributed by atoms with Gasteiger partial charge in [-0.1, -0.05) is 37.3 Å². The fourth-order valence-corrected chi connectivity index (χ4v) is 6.92. The SMILES string of the molecule is C=CC[C@@H](C)C(CC1CCOCC1)S(=O)(=O)N(Cc1ccc(OC)cc1)Cc1ccc(OC)cc1. The summed E-state index contributed by atoms with van der Waals surface area (Å²) in [4.78, 5) is 0. The van der Waals surface area contributed by atoms with Crippen LogP contribution in [0, 0.1) is 11.8 Å². The molecule has 1 aliphatic heterocycles. The average molecular weight is 502 g/mol. The van der Waals surface area contributed by atoms with Gasteiger partial charge in [-0.25, -0.2) is 8.42 Å². The smallest absolute Gasteiger partial charge is 0.217 e. The Labute approximate surface area is 210 Å². The van der Waals surface area contributed by atoms with Crippen molar-refractivity contribution in [1.29, 1.82) is 0 Å². The second-order valence-corrected chi connectivity index (χ2v) is 11.5. The molecule has 0 radical (unpaired) electrons. The van der Waals surface area contributed by atoms with Gasteiger partial charge in [0.25, 0.3) is 0 Å². The van der Waals surface area contributed by atoms with Crippen LogP contribution in [0.3, 0.4) is 0 Å². The lowest BCUT2D eigenvalue weighted by Crippen LogP contribution is -2.42. The van der Waals surface area contributed by atoms with Crippen LogP contribution in [-0.4, -0.2) is 45.4 Å². The molecular weight excluding hydrogens is 462 g/mol. The summed E-state index contributed by atoms with van der Waals surface area (Å²) in [5.74, 6) is 1.81. The Morgan fingerprint density at radius 3 is 1.89 bits per heavy atom. The summed E-state index contributed by atoms with van der Waals surface area (Å²) in [6, 6.07) is 15.2. The van der Waals surface area contributed by atoms with E-state index in [0.717, 1.165) is 35.5 Å². The van der Waals surface area contributed by atoms with Gasteiger partial charge in [-0.05, 0) is 72.9 Å². The molecule has 0 bridgehead atoms. The molecule has 1 fully saturated rings. The van der Waals surface area contributed by atoms with Gasteiger partial charge in [0.2, 0.25) is 10.0 Å². The van der Waals surface area contributed by atoms with E-state index in [1.54, 1.807) is 18.5 Å². The molecule has 1 unspecified atom stereocenters. The third-order valence-electron chi connectivity index (χ3n) is 6.86. The second-order valence-electron chi connectivity index (χ2n) is 9.34. The zero-order valence-corrected chi connectivity index (χ0v) is 22.0. The summed E-state index contributed by atoms with van der Waals surface area (Å²) in [5, 5.41) is -0.486. The van der Waals surface area contributed by atoms with Gasteiger partial charge >= 0.3 is 0 Å². The monoisotopic (exact) mass is 501 g/mol. The van der Waals surface area contributed by atoms with Crippen molar-refractivity contribution in [1.82, 2.24) is 4.31 Å². The highest BCUT2D eigenvalue weighted by Gasteiger charge is 2.37. The number of allylic oxidation sites excluding steroid dienone is 1. The number of sulfonamides is 1. The van der Waals surface area contributed by atoms with Crippen LogP contribution in [0.15, 0.2) is 61.2 Å². The zero-order valence-electron chi connectivity index (χ0n) is 21.2. The van der Waals surface area contributed by atoms with Crippen molar-refractivity contribution >= 4 is 10.0 Å². The van der Waals surface area contributed by atoms with Gasteiger partial charge in [0, 0.05) is 26.3 Å². The Hall–Kier alpha value is -2.35. The van der Waals surface area contributed by atoms with Gasteiger partial charge in [-0.2, -0.15) is 4.31 Å². The van der Waals surface area contributed by atoms with E-state index in [-0.39, 0.29) is 5.92 Å². The van der Waals surface area contributed by atoms with Gasteiger partial charge in [0.1, 0.15) is 11.5 Å². The van der Waals surface area contributed by atoms with Gasteiger partial charge in [-0.3, -0.25) is 0 Å². The molecule has 0 N–H and O–H groups in total. The maximum absolute atomic E-state index is 14.3. The van der Waals surface area contributed by atoms with Crippen molar-refractivity contribution in [2.24, 2.45) is 11.8 Å². The molecule has 1 saturated heterocycles. The Morgan fingerprint density at radius 2 is 1.46 bits per heavy atom. The van der Waals surface area contributed by atoms with Crippen molar-refractivity contribution in [3.63, 3.8) is 0 Å². The third-order valence-corrected chi connectivity index (χ3v) is 9.26. The molecule has 6 nitrogen and oxygen atoms in total. The molecule has 1 heterocycles. The predicted octanol–water partition coefficient (Wildman–Crippen LogP) is 5.43. The number of hydrogen-bond acceptors (Lipinski definition) is 5. The van der Waals surface area contributed by atoms with Crippen LogP contribution >= 0.6 is 0 Å². The van der Waals surface area contributed by atoms with Crippen molar-refractivity contribution in [3.05, 3.63) is 72.3 Å². The Kier molecular flexibility index (Phi) is 10.2. The summed E-state index contributed by atoms with van der Waals surface area (Å²) in [6.45, 7) is 7.90. The van der Waals surface area contributed by atoms with Crippen molar-refractivity contribution in [2.45, 2.75) is 50.9 Å². The highest BCUT2D eigenvalue weighted by atomic mass is 32.2. The van der Waals surface area contributed by atoms with Gasteiger partial charge in [0.05, 0.1) is 19.5 Å². The third kappa shape index (κ3) is 7.56. The lowest BCUT2D eigenvalue weighted by Gasteiger charge is -2.34. The van der Waals surface area contributed by atoms with Crippen LogP contribution in [0.5, 0.6) is 11.5 Å². The van der Waals surface area contributed by atoms with E-state index in [1.165, 1.54) is 0 Å². The summed E-state index contributed by atoms with van der Waals surface area (Å²) in [7, 11) is -0.385. The quantitative estimate of drug-likeness (QED) is 0.342. The van der Waals surface area contributed by atoms with Crippen LogP contribution in [-0.2, 0) is 27.8 Å². The molecule has 35 heavy (non-hydrogen) atoms. The van der Waals surface area contributed by atoms with Gasteiger partial charge < -0.3 is 14.2 Å². The maximum Gasteiger partial charge on any atom is 0.217 e. The molecule has 2 aromatic rings. The Balaban J connectivity index is 1.93.